The van der Waals surface area contributed by atoms with E-state index in [9.17, 15) is 14.9 Å². The van der Waals surface area contributed by atoms with Crippen LogP contribution in [0.3, 0.4) is 0 Å². The van der Waals surface area contributed by atoms with Crippen molar-refractivity contribution in [3.8, 4) is 11.5 Å². The van der Waals surface area contributed by atoms with Crippen LogP contribution in [-0.4, -0.2) is 30.4 Å². The lowest BCUT2D eigenvalue weighted by molar-refractivity contribution is -0.384. The van der Waals surface area contributed by atoms with Crippen molar-refractivity contribution in [3.05, 3.63) is 93.5 Å². The maximum Gasteiger partial charge on any atom is 0.276 e. The number of nitro benzene ring substituents is 1. The number of amides is 1. The first-order valence-electron chi connectivity index (χ1n) is 10.6. The molecular formula is C23H21ClN6O5. The minimum absolute atomic E-state index is 0.0423. The zero-order chi connectivity index (χ0) is 24.8. The van der Waals surface area contributed by atoms with Gasteiger partial charge in [0.1, 0.15) is 11.5 Å². The Kier molecular flexibility index (Phi) is 7.27. The van der Waals surface area contributed by atoms with Crippen LogP contribution < -0.4 is 14.8 Å². The van der Waals surface area contributed by atoms with Gasteiger partial charge in [-0.15, -0.1) is 0 Å². The predicted molar refractivity (Wildman–Crippen MR) is 128 cm³/mol. The van der Waals surface area contributed by atoms with Crippen molar-refractivity contribution in [1.82, 2.24) is 19.6 Å². The number of carbonyl (C=O) groups is 1. The van der Waals surface area contributed by atoms with E-state index in [1.165, 1.54) is 40.7 Å². The van der Waals surface area contributed by atoms with E-state index in [0.717, 1.165) is 12.2 Å². The standard InChI is InChI=1S/C23H21ClN6O5/c1-2-16-3-6-19(7-4-16)34-15-29-13-17(12-25-29)26-23(31)21-9-10-28(27-21)14-35-22-8-5-18(30(32)33)11-20(22)24/h3-13H,2,14-15H2,1H3,(H,26,31). The number of non-ortho nitro benzene ring substituents is 1. The Labute approximate surface area is 205 Å². The van der Waals surface area contributed by atoms with Crippen molar-refractivity contribution in [1.29, 1.82) is 0 Å². The molecule has 2 heterocycles. The van der Waals surface area contributed by atoms with Gasteiger partial charge in [0, 0.05) is 18.3 Å². The molecule has 0 atom stereocenters. The number of anilines is 1. The van der Waals surface area contributed by atoms with Gasteiger partial charge in [0.25, 0.3) is 11.6 Å². The van der Waals surface area contributed by atoms with Crippen LogP contribution in [0.2, 0.25) is 5.02 Å². The molecule has 12 heteroatoms. The lowest BCUT2D eigenvalue weighted by atomic mass is 10.2. The Balaban J connectivity index is 1.29. The number of rotatable bonds is 10. The molecule has 1 amide bonds. The Morgan fingerprint density at radius 2 is 1.89 bits per heavy atom. The topological polar surface area (TPSA) is 126 Å². The molecule has 0 unspecified atom stereocenters. The molecule has 35 heavy (non-hydrogen) atoms. The van der Waals surface area contributed by atoms with E-state index in [1.54, 1.807) is 17.1 Å². The number of halogens is 1. The van der Waals surface area contributed by atoms with Crippen LogP contribution in [0, 0.1) is 10.1 Å². The molecule has 0 spiro atoms. The minimum atomic E-state index is -0.546. The van der Waals surface area contributed by atoms with Crippen molar-refractivity contribution in [2.24, 2.45) is 0 Å². The van der Waals surface area contributed by atoms with Crippen LogP contribution in [0.5, 0.6) is 11.5 Å². The number of aryl methyl sites for hydroxylation is 1. The van der Waals surface area contributed by atoms with Crippen molar-refractivity contribution < 1.29 is 19.2 Å². The Hall–Kier alpha value is -4.38. The third-order valence-corrected chi connectivity index (χ3v) is 5.23. The number of nitrogens with zero attached hydrogens (tertiary/aromatic N) is 5. The molecule has 0 aliphatic heterocycles. The van der Waals surface area contributed by atoms with E-state index >= 15 is 0 Å². The van der Waals surface area contributed by atoms with Gasteiger partial charge < -0.3 is 14.8 Å². The first kappa shape index (κ1) is 23.8. The molecule has 2 aromatic heterocycles. The number of hydrogen-bond acceptors (Lipinski definition) is 7. The van der Waals surface area contributed by atoms with Gasteiger partial charge in [-0.3, -0.25) is 14.9 Å². The van der Waals surface area contributed by atoms with E-state index in [1.807, 2.05) is 24.3 Å². The van der Waals surface area contributed by atoms with Gasteiger partial charge in [0.2, 0.25) is 0 Å². The molecule has 180 valence electrons. The van der Waals surface area contributed by atoms with E-state index in [-0.39, 0.29) is 35.6 Å². The molecule has 0 radical (unpaired) electrons. The van der Waals surface area contributed by atoms with Crippen molar-refractivity contribution >= 4 is 28.9 Å². The molecule has 11 nitrogen and oxygen atoms in total. The van der Waals surface area contributed by atoms with E-state index in [4.69, 9.17) is 21.1 Å². The molecule has 0 aliphatic carbocycles. The number of ether oxygens (including phenoxy) is 2. The average Bonchev–Trinajstić information content (AvgIpc) is 3.52. The molecule has 0 fully saturated rings. The van der Waals surface area contributed by atoms with E-state index in [0.29, 0.717) is 5.69 Å². The summed E-state index contributed by atoms with van der Waals surface area (Å²) in [4.78, 5) is 22.8. The summed E-state index contributed by atoms with van der Waals surface area (Å²) in [5.41, 5.74) is 1.75. The summed E-state index contributed by atoms with van der Waals surface area (Å²) >= 11 is 6.02. The minimum Gasteiger partial charge on any atom is -0.471 e. The molecule has 1 N–H and O–H groups in total. The van der Waals surface area contributed by atoms with Gasteiger partial charge in [-0.1, -0.05) is 30.7 Å². The van der Waals surface area contributed by atoms with E-state index in [2.05, 4.69) is 22.4 Å². The van der Waals surface area contributed by atoms with Crippen LogP contribution in [0.1, 0.15) is 23.0 Å². The summed E-state index contributed by atoms with van der Waals surface area (Å²) in [6.45, 7) is 2.24. The van der Waals surface area contributed by atoms with Gasteiger partial charge >= 0.3 is 0 Å². The zero-order valence-electron chi connectivity index (χ0n) is 18.6. The van der Waals surface area contributed by atoms with E-state index < -0.39 is 10.8 Å². The lowest BCUT2D eigenvalue weighted by Crippen LogP contribution is -2.14. The summed E-state index contributed by atoms with van der Waals surface area (Å²) in [7, 11) is 0. The van der Waals surface area contributed by atoms with Crippen molar-refractivity contribution in [3.63, 3.8) is 0 Å². The summed E-state index contributed by atoms with van der Waals surface area (Å²) in [5, 5.41) is 22.0. The van der Waals surface area contributed by atoms with Crippen molar-refractivity contribution in [2.45, 2.75) is 26.8 Å². The van der Waals surface area contributed by atoms with Crippen LogP contribution in [0.15, 0.2) is 67.1 Å². The number of hydrogen-bond donors (Lipinski definition) is 1. The average molecular weight is 497 g/mol. The monoisotopic (exact) mass is 496 g/mol. The largest absolute Gasteiger partial charge is 0.471 e. The number of carbonyl (C=O) groups excluding carboxylic acids is 1. The maximum atomic E-state index is 12.5. The fourth-order valence-corrected chi connectivity index (χ4v) is 3.30. The van der Waals surface area contributed by atoms with Crippen LogP contribution >= 0.6 is 11.6 Å². The molecule has 4 aromatic rings. The van der Waals surface area contributed by atoms with Crippen LogP contribution in [0.25, 0.3) is 0 Å². The molecule has 0 saturated carbocycles. The zero-order valence-corrected chi connectivity index (χ0v) is 19.4. The van der Waals surface area contributed by atoms with Crippen LogP contribution in [0.4, 0.5) is 11.4 Å². The highest BCUT2D eigenvalue weighted by atomic mass is 35.5. The highest BCUT2D eigenvalue weighted by molar-refractivity contribution is 6.32. The summed E-state index contributed by atoms with van der Waals surface area (Å²) in [6, 6.07) is 13.2. The maximum absolute atomic E-state index is 12.5. The molecule has 0 saturated heterocycles. The van der Waals surface area contributed by atoms with Gasteiger partial charge in [-0.25, -0.2) is 9.36 Å². The SMILES string of the molecule is CCc1ccc(OCn2cc(NC(=O)c3ccn(COc4ccc([N+](=O)[O-])cc4Cl)n3)cn2)cc1. The summed E-state index contributed by atoms with van der Waals surface area (Å²) in [6.07, 6.45) is 5.68. The predicted octanol–water partition coefficient (Wildman–Crippen LogP) is 4.53. The highest BCUT2D eigenvalue weighted by Crippen LogP contribution is 2.28. The summed E-state index contributed by atoms with van der Waals surface area (Å²) in [5.74, 6) is 0.563. The van der Waals surface area contributed by atoms with Gasteiger partial charge in [0.05, 0.1) is 28.0 Å². The smallest absolute Gasteiger partial charge is 0.276 e. The fraction of sp³-hybridized carbons (Fsp3) is 0.174. The Morgan fingerprint density at radius 3 is 2.60 bits per heavy atom. The Morgan fingerprint density at radius 1 is 1.11 bits per heavy atom. The molecular weight excluding hydrogens is 476 g/mol. The van der Waals surface area contributed by atoms with Gasteiger partial charge in [-0.05, 0) is 36.2 Å². The van der Waals surface area contributed by atoms with Gasteiger partial charge in [-0.2, -0.15) is 10.2 Å². The lowest BCUT2D eigenvalue weighted by Gasteiger charge is -2.07. The second-order valence-corrected chi connectivity index (χ2v) is 7.79. The number of nitro groups is 1. The second-order valence-electron chi connectivity index (χ2n) is 7.38. The third kappa shape index (κ3) is 6.15. The third-order valence-electron chi connectivity index (χ3n) is 4.94. The van der Waals surface area contributed by atoms with Gasteiger partial charge in [0.15, 0.2) is 19.2 Å². The molecule has 2 aromatic carbocycles. The molecule has 0 bridgehead atoms. The quantitative estimate of drug-likeness (QED) is 0.252. The number of nitrogens with one attached hydrogen (secondary N) is 1. The second kappa shape index (κ2) is 10.7. The van der Waals surface area contributed by atoms with Crippen molar-refractivity contribution in [2.75, 3.05) is 5.32 Å². The van der Waals surface area contributed by atoms with Crippen LogP contribution in [-0.2, 0) is 19.9 Å². The fourth-order valence-electron chi connectivity index (χ4n) is 3.07. The number of aromatic nitrogens is 4. The highest BCUT2D eigenvalue weighted by Gasteiger charge is 2.13. The normalized spacial score (nSPS) is 10.7. The number of benzene rings is 2. The first-order chi connectivity index (χ1) is 16.9. The Bertz CT molecular complexity index is 1330. The molecule has 0 aliphatic rings. The first-order valence-corrected chi connectivity index (χ1v) is 10.9. The molecule has 4 rings (SSSR count). The summed E-state index contributed by atoms with van der Waals surface area (Å²) < 4.78 is 14.2.